The molecule has 1 aromatic heterocycles. The minimum atomic E-state index is -0.833. The number of aliphatic carboxylic acids is 2. The van der Waals surface area contributed by atoms with Crippen LogP contribution in [0.15, 0.2) is 53.3 Å². The molecular formula is C25H30N4O6. The standard InChI is InChI=1S/C21H22N4O2.2C2H4O2/c26-20(23-13-14-9-11-22-12-10-14)16-7-5-15(6-8-16)19-17-3-1-2-4-18(17)21(27)25-24-19;2*1-2(3)4/h1-8,14,22H,9-13H2,(H,23,26)(H,25,27);2*1H3,(H,3,4). The molecule has 0 bridgehead atoms. The van der Waals surface area contributed by atoms with Crippen molar-refractivity contribution < 1.29 is 24.6 Å². The number of amides is 1. The first-order valence-corrected chi connectivity index (χ1v) is 11.1. The van der Waals surface area contributed by atoms with Crippen LogP contribution in [0.4, 0.5) is 0 Å². The van der Waals surface area contributed by atoms with Gasteiger partial charge in [-0.15, -0.1) is 0 Å². The summed E-state index contributed by atoms with van der Waals surface area (Å²) in [5.41, 5.74) is 1.98. The Labute approximate surface area is 202 Å². The highest BCUT2D eigenvalue weighted by atomic mass is 16.4. The number of rotatable bonds is 4. The van der Waals surface area contributed by atoms with Gasteiger partial charge in [0, 0.05) is 36.9 Å². The molecule has 0 radical (unpaired) electrons. The number of carboxylic acids is 2. The minimum Gasteiger partial charge on any atom is -0.481 e. The fraction of sp³-hybridized carbons (Fsp3) is 0.320. The lowest BCUT2D eigenvalue weighted by Crippen LogP contribution is -2.35. The third-order valence-electron chi connectivity index (χ3n) is 5.13. The van der Waals surface area contributed by atoms with Crippen molar-refractivity contribution in [2.45, 2.75) is 26.7 Å². The Bertz CT molecular complexity index is 1180. The molecule has 2 heterocycles. The molecular weight excluding hydrogens is 452 g/mol. The van der Waals surface area contributed by atoms with Crippen LogP contribution < -0.4 is 16.2 Å². The van der Waals surface area contributed by atoms with E-state index >= 15 is 0 Å². The summed E-state index contributed by atoms with van der Waals surface area (Å²) in [6.07, 6.45) is 2.20. The van der Waals surface area contributed by atoms with Gasteiger partial charge in [-0.1, -0.05) is 30.3 Å². The zero-order valence-corrected chi connectivity index (χ0v) is 19.7. The number of H-pyrrole nitrogens is 1. The molecule has 1 saturated heterocycles. The number of carbonyl (C=O) groups excluding carboxylic acids is 1. The summed E-state index contributed by atoms with van der Waals surface area (Å²) in [4.78, 5) is 42.3. The number of fused-ring (bicyclic) bond motifs is 1. The fourth-order valence-corrected chi connectivity index (χ4v) is 3.54. The van der Waals surface area contributed by atoms with E-state index in [-0.39, 0.29) is 11.5 Å². The number of carboxylic acid groups (broad SMARTS) is 2. The molecule has 1 amide bonds. The molecule has 5 N–H and O–H groups in total. The lowest BCUT2D eigenvalue weighted by atomic mass is 9.98. The van der Waals surface area contributed by atoms with Crippen molar-refractivity contribution in [3.8, 4) is 11.3 Å². The molecule has 0 aliphatic carbocycles. The van der Waals surface area contributed by atoms with Gasteiger partial charge in [0.15, 0.2) is 0 Å². The number of piperidine rings is 1. The molecule has 10 nitrogen and oxygen atoms in total. The van der Waals surface area contributed by atoms with Crippen molar-refractivity contribution in [2.24, 2.45) is 5.92 Å². The maximum Gasteiger partial charge on any atom is 0.300 e. The van der Waals surface area contributed by atoms with Crippen molar-refractivity contribution in [1.29, 1.82) is 0 Å². The highest BCUT2D eigenvalue weighted by Crippen LogP contribution is 2.24. The highest BCUT2D eigenvalue weighted by molar-refractivity contribution is 5.96. The molecule has 2 aromatic carbocycles. The maximum atomic E-state index is 12.4. The first-order chi connectivity index (χ1) is 16.7. The molecule has 1 fully saturated rings. The number of hydrogen-bond donors (Lipinski definition) is 5. The Morgan fingerprint density at radius 1 is 0.943 bits per heavy atom. The van der Waals surface area contributed by atoms with Gasteiger partial charge in [-0.3, -0.25) is 19.2 Å². The number of hydrogen-bond acceptors (Lipinski definition) is 6. The van der Waals surface area contributed by atoms with Crippen LogP contribution in [0.1, 0.15) is 37.0 Å². The first-order valence-electron chi connectivity index (χ1n) is 11.1. The number of nitrogens with zero attached hydrogens (tertiary/aromatic N) is 1. The summed E-state index contributed by atoms with van der Waals surface area (Å²) in [6.45, 7) is 4.93. The lowest BCUT2D eigenvalue weighted by molar-refractivity contribution is -0.135. The summed E-state index contributed by atoms with van der Waals surface area (Å²) in [5, 5.41) is 29.3. The Hall–Kier alpha value is -4.05. The average Bonchev–Trinajstić information content (AvgIpc) is 2.83. The van der Waals surface area contributed by atoms with Gasteiger partial charge in [-0.2, -0.15) is 5.10 Å². The molecule has 186 valence electrons. The fourth-order valence-electron chi connectivity index (χ4n) is 3.54. The van der Waals surface area contributed by atoms with Crippen LogP contribution in [0.5, 0.6) is 0 Å². The number of aromatic amines is 1. The van der Waals surface area contributed by atoms with Crippen LogP contribution in [-0.2, 0) is 9.59 Å². The van der Waals surface area contributed by atoms with E-state index in [0.29, 0.717) is 29.1 Å². The van der Waals surface area contributed by atoms with E-state index in [1.54, 1.807) is 18.2 Å². The first kappa shape index (κ1) is 27.2. The van der Waals surface area contributed by atoms with Gasteiger partial charge in [-0.05, 0) is 50.0 Å². The van der Waals surface area contributed by atoms with Gasteiger partial charge in [-0.25, -0.2) is 5.10 Å². The largest absolute Gasteiger partial charge is 0.481 e. The molecule has 35 heavy (non-hydrogen) atoms. The van der Waals surface area contributed by atoms with Crippen LogP contribution in [0.3, 0.4) is 0 Å². The summed E-state index contributed by atoms with van der Waals surface area (Å²) in [5.74, 6) is -1.18. The van der Waals surface area contributed by atoms with Crippen LogP contribution in [0.2, 0.25) is 0 Å². The predicted octanol–water partition coefficient (Wildman–Crippen LogP) is 2.50. The average molecular weight is 483 g/mol. The van der Waals surface area contributed by atoms with Crippen molar-refractivity contribution in [2.75, 3.05) is 19.6 Å². The zero-order chi connectivity index (χ0) is 25.8. The molecule has 0 atom stereocenters. The van der Waals surface area contributed by atoms with Crippen molar-refractivity contribution in [3.63, 3.8) is 0 Å². The van der Waals surface area contributed by atoms with Gasteiger partial charge in [0.25, 0.3) is 23.4 Å². The minimum absolute atomic E-state index is 0.0561. The maximum absolute atomic E-state index is 12.4. The van der Waals surface area contributed by atoms with E-state index in [1.165, 1.54) is 0 Å². The summed E-state index contributed by atoms with van der Waals surface area (Å²) in [7, 11) is 0. The van der Waals surface area contributed by atoms with E-state index < -0.39 is 11.9 Å². The Morgan fingerprint density at radius 3 is 2.06 bits per heavy atom. The third kappa shape index (κ3) is 9.01. The second-order valence-corrected chi connectivity index (χ2v) is 7.97. The van der Waals surface area contributed by atoms with Crippen LogP contribution in [0.25, 0.3) is 22.0 Å². The molecule has 10 heteroatoms. The molecule has 0 unspecified atom stereocenters. The summed E-state index contributed by atoms with van der Waals surface area (Å²) >= 11 is 0. The molecule has 0 spiro atoms. The van der Waals surface area contributed by atoms with Crippen molar-refractivity contribution >= 4 is 28.6 Å². The van der Waals surface area contributed by atoms with E-state index in [4.69, 9.17) is 19.8 Å². The second-order valence-electron chi connectivity index (χ2n) is 7.97. The topological polar surface area (TPSA) is 161 Å². The van der Waals surface area contributed by atoms with Crippen LogP contribution in [0, 0.1) is 5.92 Å². The van der Waals surface area contributed by atoms with Crippen LogP contribution >= 0.6 is 0 Å². The van der Waals surface area contributed by atoms with E-state index in [1.807, 2.05) is 30.3 Å². The van der Waals surface area contributed by atoms with Crippen molar-refractivity contribution in [3.05, 3.63) is 64.4 Å². The number of carbonyl (C=O) groups is 3. The van der Waals surface area contributed by atoms with Crippen LogP contribution in [-0.4, -0.2) is 57.9 Å². The zero-order valence-electron chi connectivity index (χ0n) is 19.7. The SMILES string of the molecule is CC(=O)O.CC(=O)O.O=C(NCC1CCNCC1)c1ccc(-c2n[nH]c(=O)c3ccccc23)cc1. The quantitative estimate of drug-likeness (QED) is 0.379. The number of benzene rings is 2. The monoisotopic (exact) mass is 482 g/mol. The summed E-state index contributed by atoms with van der Waals surface area (Å²) in [6, 6.07) is 14.7. The molecule has 4 rings (SSSR count). The van der Waals surface area contributed by atoms with E-state index in [0.717, 1.165) is 50.7 Å². The van der Waals surface area contributed by atoms with Gasteiger partial charge in [0.05, 0.1) is 11.1 Å². The Morgan fingerprint density at radius 2 is 1.49 bits per heavy atom. The van der Waals surface area contributed by atoms with E-state index in [2.05, 4.69) is 20.8 Å². The lowest BCUT2D eigenvalue weighted by Gasteiger charge is -2.22. The summed E-state index contributed by atoms with van der Waals surface area (Å²) < 4.78 is 0. The van der Waals surface area contributed by atoms with Gasteiger partial charge in [0.2, 0.25) is 0 Å². The highest BCUT2D eigenvalue weighted by Gasteiger charge is 2.15. The molecule has 3 aromatic rings. The Balaban J connectivity index is 0.000000473. The Kier molecular flexibility index (Phi) is 10.6. The molecule has 1 aliphatic rings. The molecule has 0 saturated carbocycles. The smallest absolute Gasteiger partial charge is 0.300 e. The van der Waals surface area contributed by atoms with E-state index in [9.17, 15) is 9.59 Å². The normalized spacial score (nSPS) is 13.0. The second kappa shape index (κ2) is 13.6. The number of nitrogens with one attached hydrogen (secondary N) is 3. The predicted molar refractivity (Wildman–Crippen MR) is 132 cm³/mol. The van der Waals surface area contributed by atoms with Gasteiger partial charge >= 0.3 is 0 Å². The number of aromatic nitrogens is 2. The van der Waals surface area contributed by atoms with Gasteiger partial charge < -0.3 is 20.8 Å². The van der Waals surface area contributed by atoms with Gasteiger partial charge in [0.1, 0.15) is 0 Å². The third-order valence-corrected chi connectivity index (χ3v) is 5.13. The molecule has 1 aliphatic heterocycles. The van der Waals surface area contributed by atoms with Crippen molar-refractivity contribution in [1.82, 2.24) is 20.8 Å².